The number of piperidine rings is 1. The lowest BCUT2D eigenvalue weighted by Gasteiger charge is -2.42. The van der Waals surface area contributed by atoms with Crippen LogP contribution >= 0.6 is 0 Å². The molecule has 1 N–H and O–H groups in total. The molecule has 0 spiro atoms. The van der Waals surface area contributed by atoms with Gasteiger partial charge in [0.15, 0.2) is 0 Å². The minimum atomic E-state index is -0.175. The summed E-state index contributed by atoms with van der Waals surface area (Å²) in [5.41, 5.74) is 0.395. The number of nitrogens with zero attached hydrogens (tertiary/aromatic N) is 3. The number of amides is 1. The van der Waals surface area contributed by atoms with E-state index in [1.165, 1.54) is 12.3 Å². The molecule has 0 unspecified atom stereocenters. The topological polar surface area (TPSA) is 59.7 Å². The summed E-state index contributed by atoms with van der Waals surface area (Å²) in [6.07, 6.45) is 3.63. The van der Waals surface area contributed by atoms with Gasteiger partial charge in [0.25, 0.3) is 5.91 Å². The van der Waals surface area contributed by atoms with Gasteiger partial charge < -0.3 is 14.8 Å². The van der Waals surface area contributed by atoms with Crippen molar-refractivity contribution >= 4 is 5.91 Å². The molecule has 2 fully saturated rings. The van der Waals surface area contributed by atoms with Crippen molar-refractivity contribution < 1.29 is 4.79 Å². The normalized spacial score (nSPS) is 22.5. The van der Waals surface area contributed by atoms with Gasteiger partial charge in [0.1, 0.15) is 0 Å². The second kappa shape index (κ2) is 7.49. The molecule has 6 nitrogen and oxygen atoms in total. The molecule has 1 aromatic rings. The number of aromatic amines is 1. The number of likely N-dealkylation sites (tertiary alicyclic amines) is 1. The fraction of sp³-hybridized carbons (Fsp3) is 0.667. The van der Waals surface area contributed by atoms with Crippen molar-refractivity contribution in [3.8, 4) is 0 Å². The first-order valence-corrected chi connectivity index (χ1v) is 8.95. The molecular weight excluding hydrogens is 304 g/mol. The van der Waals surface area contributed by atoms with E-state index in [0.29, 0.717) is 17.5 Å². The van der Waals surface area contributed by atoms with Crippen molar-refractivity contribution in [2.45, 2.75) is 25.8 Å². The third kappa shape index (κ3) is 3.87. The van der Waals surface area contributed by atoms with Gasteiger partial charge in [-0.3, -0.25) is 14.5 Å². The average molecular weight is 332 g/mol. The minimum Gasteiger partial charge on any atom is -0.339 e. The number of pyridine rings is 1. The van der Waals surface area contributed by atoms with Crippen LogP contribution in [0.4, 0.5) is 0 Å². The van der Waals surface area contributed by atoms with Gasteiger partial charge in [0.05, 0.1) is 5.56 Å². The average Bonchev–Trinajstić information content (AvgIpc) is 2.62. The Morgan fingerprint density at radius 1 is 1.12 bits per heavy atom. The second-order valence-electron chi connectivity index (χ2n) is 7.15. The maximum Gasteiger partial charge on any atom is 0.255 e. The van der Waals surface area contributed by atoms with Crippen molar-refractivity contribution in [2.75, 3.05) is 46.3 Å². The van der Waals surface area contributed by atoms with Crippen LogP contribution in [0.25, 0.3) is 0 Å². The van der Waals surface area contributed by atoms with E-state index >= 15 is 0 Å². The molecule has 3 rings (SSSR count). The summed E-state index contributed by atoms with van der Waals surface area (Å²) in [7, 11) is 2.18. The predicted octanol–water partition coefficient (Wildman–Crippen LogP) is 0.863. The highest BCUT2D eigenvalue weighted by Gasteiger charge is 2.30. The molecule has 6 heteroatoms. The number of rotatable bonds is 3. The number of hydrogen-bond acceptors (Lipinski definition) is 4. The monoisotopic (exact) mass is 332 g/mol. The van der Waals surface area contributed by atoms with E-state index in [1.807, 2.05) is 4.90 Å². The number of likely N-dealkylation sites (N-methyl/N-ethyl adjacent to an activating group) is 1. The van der Waals surface area contributed by atoms with Crippen LogP contribution in [0.3, 0.4) is 0 Å². The standard InChI is InChI=1S/C18H28N4O2/c1-14(21-11-9-20(2)10-12-21)15-5-7-22(8-6-15)18(24)16-3-4-17(23)19-13-16/h3-4,13-15H,5-12H2,1-2H3,(H,19,23)/t14-/m1/s1. The Hall–Kier alpha value is -1.66. The SMILES string of the molecule is C[C@H](C1CCN(C(=O)c2ccc(=O)[nH]c2)CC1)N1CCN(C)CC1. The molecule has 2 aliphatic rings. The Balaban J connectivity index is 1.52. The first-order valence-electron chi connectivity index (χ1n) is 8.95. The van der Waals surface area contributed by atoms with Crippen molar-refractivity contribution in [3.05, 3.63) is 34.2 Å². The van der Waals surface area contributed by atoms with Gasteiger partial charge in [-0.25, -0.2) is 0 Å². The Morgan fingerprint density at radius 2 is 1.79 bits per heavy atom. The summed E-state index contributed by atoms with van der Waals surface area (Å²) in [6.45, 7) is 8.54. The minimum absolute atomic E-state index is 0.0250. The van der Waals surface area contributed by atoms with Gasteiger partial charge in [-0.15, -0.1) is 0 Å². The third-order valence-electron chi connectivity index (χ3n) is 5.65. The lowest BCUT2D eigenvalue weighted by Crippen LogP contribution is -2.52. The fourth-order valence-electron chi connectivity index (χ4n) is 3.84. The lowest BCUT2D eigenvalue weighted by molar-refractivity contribution is 0.0500. The molecule has 0 bridgehead atoms. The van der Waals surface area contributed by atoms with Crippen LogP contribution in [-0.2, 0) is 0 Å². The van der Waals surface area contributed by atoms with Crippen molar-refractivity contribution in [1.29, 1.82) is 0 Å². The van der Waals surface area contributed by atoms with Crippen LogP contribution in [0.5, 0.6) is 0 Å². The van der Waals surface area contributed by atoms with Crippen molar-refractivity contribution in [3.63, 3.8) is 0 Å². The van der Waals surface area contributed by atoms with Gasteiger partial charge in [0, 0.05) is 57.6 Å². The predicted molar refractivity (Wildman–Crippen MR) is 94.2 cm³/mol. The zero-order valence-electron chi connectivity index (χ0n) is 14.7. The molecule has 1 aromatic heterocycles. The largest absolute Gasteiger partial charge is 0.339 e. The number of H-pyrrole nitrogens is 1. The molecule has 24 heavy (non-hydrogen) atoms. The van der Waals surface area contributed by atoms with E-state index in [1.54, 1.807) is 6.07 Å². The van der Waals surface area contributed by atoms with E-state index in [-0.39, 0.29) is 11.5 Å². The summed E-state index contributed by atoms with van der Waals surface area (Å²) >= 11 is 0. The van der Waals surface area contributed by atoms with Crippen LogP contribution < -0.4 is 5.56 Å². The van der Waals surface area contributed by atoms with E-state index in [4.69, 9.17) is 0 Å². The number of carbonyl (C=O) groups is 1. The molecule has 0 aromatic carbocycles. The van der Waals surface area contributed by atoms with Gasteiger partial charge >= 0.3 is 0 Å². The zero-order chi connectivity index (χ0) is 17.1. The highest BCUT2D eigenvalue weighted by Crippen LogP contribution is 2.25. The Morgan fingerprint density at radius 3 is 2.38 bits per heavy atom. The van der Waals surface area contributed by atoms with Gasteiger partial charge in [-0.05, 0) is 38.8 Å². The number of piperazine rings is 1. The number of hydrogen-bond donors (Lipinski definition) is 1. The number of carbonyl (C=O) groups excluding carboxylic acids is 1. The molecule has 2 saturated heterocycles. The van der Waals surface area contributed by atoms with Crippen LogP contribution in [-0.4, -0.2) is 77.9 Å². The Labute approximate surface area is 143 Å². The summed E-state index contributed by atoms with van der Waals surface area (Å²) < 4.78 is 0. The molecule has 0 radical (unpaired) electrons. The molecule has 0 aliphatic carbocycles. The van der Waals surface area contributed by atoms with Crippen LogP contribution in [0.2, 0.25) is 0 Å². The Kier molecular flexibility index (Phi) is 5.36. The summed E-state index contributed by atoms with van der Waals surface area (Å²) in [6, 6.07) is 3.61. The molecule has 0 saturated carbocycles. The molecular formula is C18H28N4O2. The summed E-state index contributed by atoms with van der Waals surface area (Å²) in [5.74, 6) is 0.685. The lowest BCUT2D eigenvalue weighted by atomic mass is 9.89. The van der Waals surface area contributed by atoms with E-state index in [0.717, 1.165) is 52.1 Å². The van der Waals surface area contributed by atoms with E-state index in [9.17, 15) is 9.59 Å². The molecule has 1 atom stereocenters. The summed E-state index contributed by atoms with van der Waals surface area (Å²) in [4.78, 5) is 33.1. The summed E-state index contributed by atoms with van der Waals surface area (Å²) in [5, 5.41) is 0. The van der Waals surface area contributed by atoms with Crippen LogP contribution in [0.1, 0.15) is 30.1 Å². The van der Waals surface area contributed by atoms with Gasteiger partial charge in [-0.1, -0.05) is 0 Å². The third-order valence-corrected chi connectivity index (χ3v) is 5.65. The number of aromatic nitrogens is 1. The second-order valence-corrected chi connectivity index (χ2v) is 7.15. The highest BCUT2D eigenvalue weighted by atomic mass is 16.2. The number of nitrogens with one attached hydrogen (secondary N) is 1. The first kappa shape index (κ1) is 17.2. The maximum absolute atomic E-state index is 12.5. The molecule has 3 heterocycles. The highest BCUT2D eigenvalue weighted by molar-refractivity contribution is 5.93. The van der Waals surface area contributed by atoms with Gasteiger partial charge in [0.2, 0.25) is 5.56 Å². The van der Waals surface area contributed by atoms with Gasteiger partial charge in [-0.2, -0.15) is 0 Å². The molecule has 2 aliphatic heterocycles. The van der Waals surface area contributed by atoms with Crippen molar-refractivity contribution in [1.82, 2.24) is 19.7 Å². The zero-order valence-corrected chi connectivity index (χ0v) is 14.7. The quantitative estimate of drug-likeness (QED) is 0.892. The Bertz CT molecular complexity index is 593. The van der Waals surface area contributed by atoms with Crippen LogP contribution in [0.15, 0.2) is 23.1 Å². The maximum atomic E-state index is 12.5. The van der Waals surface area contributed by atoms with Crippen molar-refractivity contribution in [2.24, 2.45) is 5.92 Å². The smallest absolute Gasteiger partial charge is 0.255 e. The molecule has 132 valence electrons. The van der Waals surface area contributed by atoms with E-state index < -0.39 is 0 Å². The molecule has 1 amide bonds. The fourth-order valence-corrected chi connectivity index (χ4v) is 3.84. The first-order chi connectivity index (χ1) is 11.5. The van der Waals surface area contributed by atoms with Crippen LogP contribution in [0, 0.1) is 5.92 Å². The van der Waals surface area contributed by atoms with E-state index in [2.05, 4.69) is 28.8 Å².